The number of thiophene rings is 1. The van der Waals surface area contributed by atoms with Gasteiger partial charge in [-0.1, -0.05) is 18.2 Å². The summed E-state index contributed by atoms with van der Waals surface area (Å²) in [7, 11) is 0. The SMILES string of the molecule is CC(C)NC(=O)c1sc2c(cnc3ccccc32)c1N. The number of pyridine rings is 1. The van der Waals surface area contributed by atoms with E-state index in [9.17, 15) is 4.79 Å². The summed E-state index contributed by atoms with van der Waals surface area (Å²) in [6, 6.07) is 7.96. The Morgan fingerprint density at radius 2 is 2.05 bits per heavy atom. The van der Waals surface area contributed by atoms with Crippen molar-refractivity contribution in [1.82, 2.24) is 10.3 Å². The lowest BCUT2D eigenvalue weighted by atomic mass is 10.1. The third-order valence-electron chi connectivity index (χ3n) is 3.09. The molecule has 0 fully saturated rings. The number of para-hydroxylation sites is 1. The molecule has 0 spiro atoms. The normalized spacial score (nSPS) is 11.3. The van der Waals surface area contributed by atoms with Gasteiger partial charge in [0.05, 0.1) is 11.2 Å². The second-order valence-corrected chi connectivity index (χ2v) is 6.01. The molecule has 20 heavy (non-hydrogen) atoms. The Labute approximate surface area is 120 Å². The predicted octanol–water partition coefficient (Wildman–Crippen LogP) is 3.17. The largest absolute Gasteiger partial charge is 0.397 e. The number of amides is 1. The number of nitrogens with two attached hydrogens (primary N) is 1. The second-order valence-electron chi connectivity index (χ2n) is 4.99. The van der Waals surface area contributed by atoms with Crippen LogP contribution in [0.3, 0.4) is 0 Å². The number of anilines is 1. The summed E-state index contributed by atoms with van der Waals surface area (Å²) in [5.41, 5.74) is 7.55. The zero-order chi connectivity index (χ0) is 14.3. The molecule has 102 valence electrons. The van der Waals surface area contributed by atoms with E-state index in [1.165, 1.54) is 11.3 Å². The monoisotopic (exact) mass is 285 g/mol. The third-order valence-corrected chi connectivity index (χ3v) is 4.34. The number of carbonyl (C=O) groups excluding carboxylic acids is 1. The molecular weight excluding hydrogens is 270 g/mol. The fourth-order valence-corrected chi connectivity index (χ4v) is 3.32. The number of carbonyl (C=O) groups is 1. The van der Waals surface area contributed by atoms with Crippen LogP contribution in [0.4, 0.5) is 5.69 Å². The lowest BCUT2D eigenvalue weighted by Crippen LogP contribution is -2.29. The van der Waals surface area contributed by atoms with Crippen LogP contribution in [-0.2, 0) is 0 Å². The van der Waals surface area contributed by atoms with Gasteiger partial charge in [-0.15, -0.1) is 11.3 Å². The first-order chi connectivity index (χ1) is 9.58. The molecule has 0 saturated heterocycles. The summed E-state index contributed by atoms with van der Waals surface area (Å²) >= 11 is 1.43. The van der Waals surface area contributed by atoms with E-state index in [0.29, 0.717) is 10.6 Å². The first-order valence-electron chi connectivity index (χ1n) is 6.44. The van der Waals surface area contributed by atoms with Gasteiger partial charge >= 0.3 is 0 Å². The van der Waals surface area contributed by atoms with Crippen LogP contribution in [0, 0.1) is 0 Å². The molecule has 0 unspecified atom stereocenters. The molecule has 0 bridgehead atoms. The number of nitrogens with one attached hydrogen (secondary N) is 1. The van der Waals surface area contributed by atoms with Crippen LogP contribution in [0.25, 0.3) is 21.0 Å². The number of benzene rings is 1. The number of nitrogen functional groups attached to an aromatic ring is 1. The third kappa shape index (κ3) is 2.00. The maximum Gasteiger partial charge on any atom is 0.263 e. The van der Waals surface area contributed by atoms with Crippen molar-refractivity contribution in [2.75, 3.05) is 5.73 Å². The van der Waals surface area contributed by atoms with E-state index >= 15 is 0 Å². The fraction of sp³-hybridized carbons (Fsp3) is 0.200. The van der Waals surface area contributed by atoms with E-state index in [-0.39, 0.29) is 11.9 Å². The second kappa shape index (κ2) is 4.76. The lowest BCUT2D eigenvalue weighted by Gasteiger charge is -2.06. The molecule has 0 atom stereocenters. The Kier molecular flexibility index (Phi) is 3.06. The summed E-state index contributed by atoms with van der Waals surface area (Å²) < 4.78 is 1.02. The minimum Gasteiger partial charge on any atom is -0.397 e. The number of aromatic nitrogens is 1. The molecule has 2 aromatic heterocycles. The van der Waals surface area contributed by atoms with Crippen LogP contribution >= 0.6 is 11.3 Å². The molecule has 0 radical (unpaired) electrons. The Bertz CT molecular complexity index is 807. The van der Waals surface area contributed by atoms with Gasteiger partial charge in [0.1, 0.15) is 4.88 Å². The minimum absolute atomic E-state index is 0.0852. The Morgan fingerprint density at radius 3 is 2.80 bits per heavy atom. The zero-order valence-electron chi connectivity index (χ0n) is 11.3. The summed E-state index contributed by atoms with van der Waals surface area (Å²) in [6.45, 7) is 3.86. The van der Waals surface area contributed by atoms with E-state index in [2.05, 4.69) is 10.3 Å². The highest BCUT2D eigenvalue weighted by atomic mass is 32.1. The van der Waals surface area contributed by atoms with Gasteiger partial charge in [0.2, 0.25) is 0 Å². The number of rotatable bonds is 2. The molecule has 0 aliphatic heterocycles. The van der Waals surface area contributed by atoms with E-state index < -0.39 is 0 Å². The first-order valence-corrected chi connectivity index (χ1v) is 7.26. The van der Waals surface area contributed by atoms with Gasteiger partial charge in [0.25, 0.3) is 5.91 Å². The van der Waals surface area contributed by atoms with Crippen molar-refractivity contribution in [3.8, 4) is 0 Å². The van der Waals surface area contributed by atoms with Crippen LogP contribution in [0.15, 0.2) is 30.5 Å². The van der Waals surface area contributed by atoms with Crippen molar-refractivity contribution in [2.45, 2.75) is 19.9 Å². The van der Waals surface area contributed by atoms with E-state index in [4.69, 9.17) is 5.73 Å². The van der Waals surface area contributed by atoms with E-state index in [1.807, 2.05) is 38.1 Å². The minimum atomic E-state index is -0.122. The Hall–Kier alpha value is -2.14. The molecule has 3 rings (SSSR count). The van der Waals surface area contributed by atoms with E-state index in [0.717, 1.165) is 21.0 Å². The fourth-order valence-electron chi connectivity index (χ4n) is 2.19. The highest BCUT2D eigenvalue weighted by Crippen LogP contribution is 2.37. The van der Waals surface area contributed by atoms with Gasteiger partial charge in [0, 0.05) is 27.7 Å². The molecule has 5 heteroatoms. The highest BCUT2D eigenvalue weighted by molar-refractivity contribution is 7.22. The predicted molar refractivity (Wildman–Crippen MR) is 84.1 cm³/mol. The number of hydrogen-bond donors (Lipinski definition) is 2. The van der Waals surface area contributed by atoms with Crippen LogP contribution in [0.2, 0.25) is 0 Å². The van der Waals surface area contributed by atoms with Crippen molar-refractivity contribution in [3.63, 3.8) is 0 Å². The van der Waals surface area contributed by atoms with Crippen molar-refractivity contribution in [3.05, 3.63) is 35.3 Å². The molecule has 1 aromatic carbocycles. The van der Waals surface area contributed by atoms with Crippen molar-refractivity contribution in [2.24, 2.45) is 0 Å². The van der Waals surface area contributed by atoms with Gasteiger partial charge in [-0.3, -0.25) is 9.78 Å². The Balaban J connectivity index is 2.23. The van der Waals surface area contributed by atoms with Gasteiger partial charge in [0.15, 0.2) is 0 Å². The highest BCUT2D eigenvalue weighted by Gasteiger charge is 2.18. The smallest absolute Gasteiger partial charge is 0.263 e. The molecular formula is C15H15N3OS. The van der Waals surface area contributed by atoms with Crippen LogP contribution in [-0.4, -0.2) is 16.9 Å². The number of hydrogen-bond acceptors (Lipinski definition) is 4. The quantitative estimate of drug-likeness (QED) is 0.760. The summed E-state index contributed by atoms with van der Waals surface area (Å²) in [6.07, 6.45) is 1.75. The summed E-state index contributed by atoms with van der Waals surface area (Å²) in [4.78, 5) is 17.1. The van der Waals surface area contributed by atoms with Crippen molar-refractivity contribution < 1.29 is 4.79 Å². The summed E-state index contributed by atoms with van der Waals surface area (Å²) in [5.74, 6) is -0.122. The van der Waals surface area contributed by atoms with Crippen LogP contribution in [0.5, 0.6) is 0 Å². The van der Waals surface area contributed by atoms with E-state index in [1.54, 1.807) is 6.20 Å². The van der Waals surface area contributed by atoms with Gasteiger partial charge in [-0.05, 0) is 19.9 Å². The molecule has 3 aromatic rings. The summed E-state index contributed by atoms with van der Waals surface area (Å²) in [5, 5.41) is 4.76. The van der Waals surface area contributed by atoms with Crippen molar-refractivity contribution >= 4 is 43.9 Å². The standard InChI is InChI=1S/C15H15N3OS/c1-8(2)18-15(19)14-12(16)10-7-17-11-6-4-3-5-9(11)13(10)20-14/h3-8H,16H2,1-2H3,(H,18,19). The number of fused-ring (bicyclic) bond motifs is 3. The number of nitrogens with zero attached hydrogens (tertiary/aromatic N) is 1. The molecule has 1 amide bonds. The topological polar surface area (TPSA) is 68.0 Å². The molecule has 0 saturated carbocycles. The maximum absolute atomic E-state index is 12.2. The van der Waals surface area contributed by atoms with Gasteiger partial charge < -0.3 is 11.1 Å². The first kappa shape index (κ1) is 12.9. The molecule has 2 heterocycles. The molecule has 0 aliphatic rings. The van der Waals surface area contributed by atoms with Gasteiger partial charge in [-0.2, -0.15) is 0 Å². The maximum atomic E-state index is 12.2. The molecule has 3 N–H and O–H groups in total. The zero-order valence-corrected chi connectivity index (χ0v) is 12.1. The van der Waals surface area contributed by atoms with Crippen LogP contribution in [0.1, 0.15) is 23.5 Å². The Morgan fingerprint density at radius 1 is 1.30 bits per heavy atom. The van der Waals surface area contributed by atoms with Gasteiger partial charge in [-0.25, -0.2) is 0 Å². The van der Waals surface area contributed by atoms with Crippen LogP contribution < -0.4 is 11.1 Å². The average molecular weight is 285 g/mol. The lowest BCUT2D eigenvalue weighted by molar-refractivity contribution is 0.0948. The average Bonchev–Trinajstić information content (AvgIpc) is 2.76. The van der Waals surface area contributed by atoms with Crippen molar-refractivity contribution in [1.29, 1.82) is 0 Å². The molecule has 4 nitrogen and oxygen atoms in total. The molecule has 0 aliphatic carbocycles.